The molecule has 4 rings (SSSR count). The molecule has 0 spiro atoms. The molecule has 0 saturated carbocycles. The highest BCUT2D eigenvalue weighted by Crippen LogP contribution is 2.26. The van der Waals surface area contributed by atoms with Gasteiger partial charge in [-0.3, -0.25) is 0 Å². The second kappa shape index (κ2) is 10.2. The quantitative estimate of drug-likeness (QED) is 0.603. The predicted octanol–water partition coefficient (Wildman–Crippen LogP) is 3.34. The summed E-state index contributed by atoms with van der Waals surface area (Å²) >= 11 is 0. The zero-order chi connectivity index (χ0) is 21.5. The van der Waals surface area contributed by atoms with Crippen LogP contribution < -0.4 is 9.64 Å². The van der Waals surface area contributed by atoms with Gasteiger partial charge in [-0.15, -0.1) is 5.11 Å². The first-order chi connectivity index (χ1) is 15.2. The molecule has 0 atom stereocenters. The van der Waals surface area contributed by atoms with E-state index in [-0.39, 0.29) is 6.09 Å². The lowest BCUT2D eigenvalue weighted by Crippen LogP contribution is -2.36. The van der Waals surface area contributed by atoms with Crippen molar-refractivity contribution in [1.29, 1.82) is 0 Å². The minimum absolute atomic E-state index is 0.294. The Morgan fingerprint density at radius 2 is 2.00 bits per heavy atom. The normalized spacial score (nSPS) is 16.7. The maximum absolute atomic E-state index is 11.6. The van der Waals surface area contributed by atoms with Gasteiger partial charge in [0.1, 0.15) is 24.8 Å². The van der Waals surface area contributed by atoms with Crippen LogP contribution in [0.4, 0.5) is 16.4 Å². The van der Waals surface area contributed by atoms with Crippen molar-refractivity contribution >= 4 is 17.7 Å². The fourth-order valence-corrected chi connectivity index (χ4v) is 3.47. The summed E-state index contributed by atoms with van der Waals surface area (Å²) in [6, 6.07) is 11.9. The van der Waals surface area contributed by atoms with Crippen molar-refractivity contribution in [2.75, 3.05) is 57.5 Å². The van der Waals surface area contributed by atoms with Crippen molar-refractivity contribution in [3.63, 3.8) is 0 Å². The molecule has 0 N–H and O–H groups in total. The van der Waals surface area contributed by atoms with Gasteiger partial charge in [0.2, 0.25) is 0 Å². The number of hydrogen-bond donors (Lipinski definition) is 0. The molecule has 0 radical (unpaired) electrons. The Hall–Kier alpha value is -3.20. The number of benzene rings is 1. The van der Waals surface area contributed by atoms with Crippen LogP contribution in [0.15, 0.2) is 46.6 Å². The minimum Gasteiger partial charge on any atom is -0.491 e. The van der Waals surface area contributed by atoms with Crippen molar-refractivity contribution < 1.29 is 19.0 Å². The van der Waals surface area contributed by atoms with Crippen LogP contribution >= 0.6 is 0 Å². The van der Waals surface area contributed by atoms with Gasteiger partial charge in [0, 0.05) is 25.2 Å². The van der Waals surface area contributed by atoms with Crippen molar-refractivity contribution in [1.82, 2.24) is 9.88 Å². The number of anilines is 1. The minimum atomic E-state index is -0.294. The number of amides is 1. The number of nitrogens with zero attached hydrogens (tertiary/aromatic N) is 5. The molecule has 1 aromatic heterocycles. The second-order valence-electron chi connectivity index (χ2n) is 7.46. The Morgan fingerprint density at radius 1 is 1.13 bits per heavy atom. The van der Waals surface area contributed by atoms with Crippen LogP contribution in [-0.2, 0) is 16.0 Å². The molecule has 0 bridgehead atoms. The number of aryl methyl sites for hydroxylation is 1. The van der Waals surface area contributed by atoms with Crippen LogP contribution in [0.2, 0.25) is 0 Å². The molecule has 164 valence electrons. The highest BCUT2D eigenvalue weighted by atomic mass is 16.6. The monoisotopic (exact) mass is 425 g/mol. The smallest absolute Gasteiger partial charge is 0.410 e. The van der Waals surface area contributed by atoms with E-state index in [9.17, 15) is 4.79 Å². The first-order valence-corrected chi connectivity index (χ1v) is 10.5. The van der Waals surface area contributed by atoms with E-state index in [4.69, 9.17) is 14.2 Å². The molecule has 0 aliphatic carbocycles. The average molecular weight is 425 g/mol. The fourth-order valence-electron chi connectivity index (χ4n) is 3.47. The van der Waals surface area contributed by atoms with Gasteiger partial charge < -0.3 is 24.0 Å². The number of rotatable bonds is 8. The Kier molecular flexibility index (Phi) is 6.93. The van der Waals surface area contributed by atoms with Crippen LogP contribution in [0, 0.1) is 6.92 Å². The third-order valence-corrected chi connectivity index (χ3v) is 5.09. The molecule has 2 aromatic rings. The van der Waals surface area contributed by atoms with E-state index in [0.29, 0.717) is 57.6 Å². The van der Waals surface area contributed by atoms with E-state index in [0.717, 1.165) is 24.5 Å². The number of aromatic nitrogens is 1. The molecule has 9 nitrogen and oxygen atoms in total. The van der Waals surface area contributed by atoms with Crippen LogP contribution in [-0.4, -0.2) is 68.6 Å². The summed E-state index contributed by atoms with van der Waals surface area (Å²) in [5, 5.41) is 8.66. The molecule has 2 saturated heterocycles. The van der Waals surface area contributed by atoms with Crippen LogP contribution in [0.3, 0.4) is 0 Å². The molecule has 2 aliphatic heterocycles. The van der Waals surface area contributed by atoms with Crippen molar-refractivity contribution in [3.05, 3.63) is 47.5 Å². The molecule has 31 heavy (non-hydrogen) atoms. The van der Waals surface area contributed by atoms with Gasteiger partial charge in [-0.1, -0.05) is 29.8 Å². The lowest BCUT2D eigenvalue weighted by atomic mass is 10.1. The maximum Gasteiger partial charge on any atom is 0.410 e. The Morgan fingerprint density at radius 3 is 2.77 bits per heavy atom. The largest absolute Gasteiger partial charge is 0.491 e. The van der Waals surface area contributed by atoms with Gasteiger partial charge in [0.25, 0.3) is 0 Å². The predicted molar refractivity (Wildman–Crippen MR) is 115 cm³/mol. The molecule has 2 fully saturated rings. The summed E-state index contributed by atoms with van der Waals surface area (Å²) in [5.41, 5.74) is 2.29. The summed E-state index contributed by atoms with van der Waals surface area (Å²) in [6.45, 7) is 7.24. The lowest BCUT2D eigenvalue weighted by Gasteiger charge is -2.28. The number of ether oxygens (including phenoxy) is 3. The molecular weight excluding hydrogens is 398 g/mol. The number of carbonyl (C=O) groups excluding carboxylic acids is 1. The second-order valence-corrected chi connectivity index (χ2v) is 7.46. The molecule has 3 heterocycles. The Balaban J connectivity index is 1.45. The van der Waals surface area contributed by atoms with Crippen LogP contribution in [0.25, 0.3) is 0 Å². The Labute approximate surface area is 181 Å². The molecule has 1 aromatic carbocycles. The third kappa shape index (κ3) is 5.91. The van der Waals surface area contributed by atoms with Crippen LogP contribution in [0.1, 0.15) is 11.1 Å². The molecule has 0 unspecified atom stereocenters. The zero-order valence-corrected chi connectivity index (χ0v) is 17.7. The van der Waals surface area contributed by atoms with E-state index < -0.39 is 0 Å². The summed E-state index contributed by atoms with van der Waals surface area (Å²) in [6.07, 6.45) is -0.294. The van der Waals surface area contributed by atoms with Gasteiger partial charge in [0.15, 0.2) is 5.82 Å². The van der Waals surface area contributed by atoms with E-state index in [1.165, 1.54) is 5.56 Å². The fraction of sp³-hybridized carbons (Fsp3) is 0.455. The summed E-state index contributed by atoms with van der Waals surface area (Å²) in [4.78, 5) is 20.0. The lowest BCUT2D eigenvalue weighted by molar-refractivity contribution is 0.122. The molecule has 1 amide bonds. The Bertz CT molecular complexity index is 930. The highest BCUT2D eigenvalue weighted by Gasteiger charge is 2.21. The highest BCUT2D eigenvalue weighted by molar-refractivity contribution is 5.69. The van der Waals surface area contributed by atoms with Crippen molar-refractivity contribution in [2.24, 2.45) is 10.2 Å². The topological polar surface area (TPSA) is 88.9 Å². The molecule has 2 aliphatic rings. The first kappa shape index (κ1) is 21.0. The van der Waals surface area contributed by atoms with Gasteiger partial charge in [-0.2, -0.15) is 5.11 Å². The van der Waals surface area contributed by atoms with E-state index in [2.05, 4.69) is 39.2 Å². The zero-order valence-electron chi connectivity index (χ0n) is 17.7. The van der Waals surface area contributed by atoms with Crippen molar-refractivity contribution in [2.45, 2.75) is 13.5 Å². The third-order valence-electron chi connectivity index (χ3n) is 5.09. The number of morpholine rings is 1. The number of carbonyl (C=O) groups is 1. The number of cyclic esters (lactones) is 1. The van der Waals surface area contributed by atoms with Gasteiger partial charge in [-0.25, -0.2) is 9.78 Å². The maximum atomic E-state index is 11.6. The van der Waals surface area contributed by atoms with E-state index in [1.54, 1.807) is 11.0 Å². The SMILES string of the molecule is Cc1cccc(CN=Nc2cc(OCCN3CCOC3=O)cc(N3CCOCC3)n2)c1. The average Bonchev–Trinajstić information content (AvgIpc) is 3.19. The first-order valence-electron chi connectivity index (χ1n) is 10.5. The van der Waals surface area contributed by atoms with Crippen LogP contribution in [0.5, 0.6) is 5.75 Å². The number of pyridine rings is 1. The van der Waals surface area contributed by atoms with Gasteiger partial charge >= 0.3 is 6.09 Å². The standard InChI is InChI=1S/C22H27N5O4/c1-17-3-2-4-18(13-17)16-23-25-20-14-19(30-11-7-27-8-12-31-22(27)28)15-21(24-20)26-5-9-29-10-6-26/h2-4,13-15H,5-12,16H2,1H3. The van der Waals surface area contributed by atoms with Gasteiger partial charge in [-0.05, 0) is 12.5 Å². The number of azo groups is 1. The van der Waals surface area contributed by atoms with Crippen molar-refractivity contribution in [3.8, 4) is 5.75 Å². The summed E-state index contributed by atoms with van der Waals surface area (Å²) < 4.78 is 16.3. The van der Waals surface area contributed by atoms with Gasteiger partial charge in [0.05, 0.1) is 32.8 Å². The van der Waals surface area contributed by atoms with E-state index >= 15 is 0 Å². The summed E-state index contributed by atoms with van der Waals surface area (Å²) in [7, 11) is 0. The number of hydrogen-bond acceptors (Lipinski definition) is 8. The van der Waals surface area contributed by atoms with E-state index in [1.807, 2.05) is 18.2 Å². The molecular formula is C22H27N5O4. The molecule has 9 heteroatoms. The summed E-state index contributed by atoms with van der Waals surface area (Å²) in [5.74, 6) is 1.92.